The van der Waals surface area contributed by atoms with Crippen molar-refractivity contribution in [2.45, 2.75) is 12.1 Å². The van der Waals surface area contributed by atoms with Gasteiger partial charge in [-0.3, -0.25) is 9.36 Å². The summed E-state index contributed by atoms with van der Waals surface area (Å²) in [5.41, 5.74) is 2.57. The number of aromatic nitrogens is 4. The van der Waals surface area contributed by atoms with Gasteiger partial charge < -0.3 is 4.57 Å². The van der Waals surface area contributed by atoms with Crippen molar-refractivity contribution in [2.75, 3.05) is 5.75 Å². The summed E-state index contributed by atoms with van der Waals surface area (Å²) in [5.74, 6) is 0.356. The molecule has 0 aliphatic heterocycles. The number of benzene rings is 1. The Kier molecular flexibility index (Phi) is 4.54. The molecule has 0 fully saturated rings. The van der Waals surface area contributed by atoms with Gasteiger partial charge in [0.15, 0.2) is 10.9 Å². The second-order valence-corrected chi connectivity index (χ2v) is 6.48. The Bertz CT molecular complexity index is 855. The van der Waals surface area contributed by atoms with Gasteiger partial charge in [0.25, 0.3) is 0 Å². The minimum atomic E-state index is 0.0546. The third-order valence-electron chi connectivity index (χ3n) is 3.51. The fourth-order valence-corrected chi connectivity index (χ4v) is 3.17. The van der Waals surface area contributed by atoms with Crippen LogP contribution in [0.5, 0.6) is 0 Å². The molecule has 118 valence electrons. The van der Waals surface area contributed by atoms with Crippen molar-refractivity contribution >= 4 is 29.1 Å². The first-order valence-corrected chi connectivity index (χ1v) is 8.36. The maximum atomic E-state index is 12.2. The number of rotatable bonds is 5. The molecular formula is C16H15ClN4OS. The molecule has 3 aromatic rings. The summed E-state index contributed by atoms with van der Waals surface area (Å²) in [6.07, 6.45) is 3.48. The number of thioether (sulfide) groups is 1. The van der Waals surface area contributed by atoms with Crippen LogP contribution in [0.2, 0.25) is 5.02 Å². The predicted octanol–water partition coefficient (Wildman–Crippen LogP) is 3.54. The molecule has 0 amide bonds. The second kappa shape index (κ2) is 6.60. The molecule has 0 radical (unpaired) electrons. The molecule has 2 heterocycles. The SMILES string of the molecule is Cc1ccc(-n2cnnc2SCC(=O)c2cccn2C)cc1Cl. The molecule has 2 aromatic heterocycles. The minimum Gasteiger partial charge on any atom is -0.348 e. The highest BCUT2D eigenvalue weighted by Crippen LogP contribution is 2.24. The molecule has 0 atom stereocenters. The molecule has 0 aliphatic rings. The first kappa shape index (κ1) is 15.8. The number of hydrogen-bond donors (Lipinski definition) is 0. The van der Waals surface area contributed by atoms with E-state index in [2.05, 4.69) is 10.2 Å². The number of halogens is 1. The van der Waals surface area contributed by atoms with Gasteiger partial charge >= 0.3 is 0 Å². The Hall–Kier alpha value is -2.05. The highest BCUT2D eigenvalue weighted by atomic mass is 35.5. The number of ketones is 1. The van der Waals surface area contributed by atoms with E-state index in [-0.39, 0.29) is 5.78 Å². The third kappa shape index (κ3) is 3.33. The second-order valence-electron chi connectivity index (χ2n) is 5.13. The molecule has 1 aromatic carbocycles. The minimum absolute atomic E-state index is 0.0546. The largest absolute Gasteiger partial charge is 0.348 e. The Balaban J connectivity index is 1.77. The molecular weight excluding hydrogens is 332 g/mol. The van der Waals surface area contributed by atoms with Crippen LogP contribution in [0.4, 0.5) is 0 Å². The van der Waals surface area contributed by atoms with Crippen LogP contribution >= 0.6 is 23.4 Å². The van der Waals surface area contributed by atoms with Crippen molar-refractivity contribution in [3.05, 3.63) is 59.1 Å². The predicted molar refractivity (Wildman–Crippen MR) is 91.6 cm³/mol. The summed E-state index contributed by atoms with van der Waals surface area (Å²) in [4.78, 5) is 12.2. The Labute approximate surface area is 143 Å². The van der Waals surface area contributed by atoms with E-state index in [4.69, 9.17) is 11.6 Å². The molecule has 3 rings (SSSR count). The van der Waals surface area contributed by atoms with Gasteiger partial charge in [-0.25, -0.2) is 0 Å². The topological polar surface area (TPSA) is 52.7 Å². The van der Waals surface area contributed by atoms with Gasteiger partial charge in [-0.05, 0) is 36.8 Å². The first-order valence-electron chi connectivity index (χ1n) is 7.00. The van der Waals surface area contributed by atoms with Crippen molar-refractivity contribution < 1.29 is 4.79 Å². The molecule has 0 N–H and O–H groups in total. The summed E-state index contributed by atoms with van der Waals surface area (Å²) in [6.45, 7) is 1.95. The Morgan fingerprint density at radius 1 is 1.35 bits per heavy atom. The van der Waals surface area contributed by atoms with Crippen LogP contribution in [0.3, 0.4) is 0 Å². The maximum Gasteiger partial charge on any atom is 0.196 e. The average molecular weight is 347 g/mol. The highest BCUT2D eigenvalue weighted by Gasteiger charge is 2.13. The fraction of sp³-hybridized carbons (Fsp3) is 0.188. The van der Waals surface area contributed by atoms with Gasteiger partial charge in [-0.15, -0.1) is 10.2 Å². The molecule has 7 heteroatoms. The van der Waals surface area contributed by atoms with Crippen molar-refractivity contribution in [3.63, 3.8) is 0 Å². The number of carbonyl (C=O) groups is 1. The number of carbonyl (C=O) groups excluding carboxylic acids is 1. The summed E-state index contributed by atoms with van der Waals surface area (Å²) >= 11 is 7.53. The lowest BCUT2D eigenvalue weighted by Crippen LogP contribution is -2.08. The summed E-state index contributed by atoms with van der Waals surface area (Å²) < 4.78 is 3.64. The molecule has 0 saturated heterocycles. The summed E-state index contributed by atoms with van der Waals surface area (Å²) in [6, 6.07) is 9.43. The molecule has 0 aliphatic carbocycles. The monoisotopic (exact) mass is 346 g/mol. The maximum absolute atomic E-state index is 12.2. The van der Waals surface area contributed by atoms with E-state index >= 15 is 0 Å². The number of nitrogens with zero attached hydrogens (tertiary/aromatic N) is 4. The van der Waals surface area contributed by atoms with Gasteiger partial charge in [-0.1, -0.05) is 29.4 Å². The van der Waals surface area contributed by atoms with E-state index in [1.165, 1.54) is 11.8 Å². The standard InChI is InChI=1S/C16H15ClN4OS/c1-11-5-6-12(8-13(11)17)21-10-18-19-16(21)23-9-15(22)14-4-3-7-20(14)2/h3-8,10H,9H2,1-2H3. The smallest absolute Gasteiger partial charge is 0.196 e. The van der Waals surface area contributed by atoms with Crippen LogP contribution in [0.15, 0.2) is 48.0 Å². The lowest BCUT2D eigenvalue weighted by Gasteiger charge is -2.08. The quantitative estimate of drug-likeness (QED) is 0.523. The van der Waals surface area contributed by atoms with Crippen molar-refractivity contribution in [3.8, 4) is 5.69 Å². The first-order chi connectivity index (χ1) is 11.1. The van der Waals surface area contributed by atoms with Crippen molar-refractivity contribution in [1.82, 2.24) is 19.3 Å². The van der Waals surface area contributed by atoms with Crippen LogP contribution in [0.25, 0.3) is 5.69 Å². The lowest BCUT2D eigenvalue weighted by molar-refractivity contribution is 0.101. The number of aryl methyl sites for hydroxylation is 2. The van der Waals surface area contributed by atoms with E-state index in [0.717, 1.165) is 11.3 Å². The molecule has 5 nitrogen and oxygen atoms in total. The molecule has 0 unspecified atom stereocenters. The number of hydrogen-bond acceptors (Lipinski definition) is 4. The Morgan fingerprint density at radius 2 is 2.17 bits per heavy atom. The summed E-state index contributed by atoms with van der Waals surface area (Å²) in [5, 5.41) is 9.38. The molecule has 0 spiro atoms. The van der Waals surface area contributed by atoms with Crippen molar-refractivity contribution in [2.24, 2.45) is 7.05 Å². The van der Waals surface area contributed by atoms with Crippen LogP contribution in [0.1, 0.15) is 16.1 Å². The lowest BCUT2D eigenvalue weighted by atomic mass is 10.2. The highest BCUT2D eigenvalue weighted by molar-refractivity contribution is 7.99. The van der Waals surface area contributed by atoms with Gasteiger partial charge in [0.1, 0.15) is 6.33 Å². The van der Waals surface area contributed by atoms with Gasteiger partial charge in [0.2, 0.25) is 0 Å². The van der Waals surface area contributed by atoms with E-state index in [1.54, 1.807) is 6.33 Å². The average Bonchev–Trinajstić information content (AvgIpc) is 3.16. The summed E-state index contributed by atoms with van der Waals surface area (Å²) in [7, 11) is 1.86. The van der Waals surface area contributed by atoms with Gasteiger partial charge in [0.05, 0.1) is 17.1 Å². The van der Waals surface area contributed by atoms with Gasteiger partial charge in [-0.2, -0.15) is 0 Å². The normalized spacial score (nSPS) is 10.9. The molecule has 0 saturated carbocycles. The van der Waals surface area contributed by atoms with Crippen LogP contribution in [0, 0.1) is 6.92 Å². The van der Waals surface area contributed by atoms with Crippen molar-refractivity contribution in [1.29, 1.82) is 0 Å². The zero-order valence-corrected chi connectivity index (χ0v) is 14.3. The fourth-order valence-electron chi connectivity index (χ4n) is 2.19. The van der Waals surface area contributed by atoms with Gasteiger partial charge in [0, 0.05) is 18.3 Å². The van der Waals surface area contributed by atoms with Crippen LogP contribution in [-0.2, 0) is 7.05 Å². The molecule has 23 heavy (non-hydrogen) atoms. The van der Waals surface area contributed by atoms with E-state index < -0.39 is 0 Å². The van der Waals surface area contributed by atoms with E-state index in [1.807, 2.05) is 59.6 Å². The van der Waals surface area contributed by atoms with Crippen LogP contribution < -0.4 is 0 Å². The number of Topliss-reactive ketones (excluding diaryl/α,β-unsaturated/α-hetero) is 1. The van der Waals surface area contributed by atoms with E-state index in [0.29, 0.717) is 21.6 Å². The van der Waals surface area contributed by atoms with Crippen LogP contribution in [-0.4, -0.2) is 30.9 Å². The third-order valence-corrected chi connectivity index (χ3v) is 4.86. The zero-order chi connectivity index (χ0) is 16.4. The van der Waals surface area contributed by atoms with E-state index in [9.17, 15) is 4.79 Å². The zero-order valence-electron chi connectivity index (χ0n) is 12.7. The Morgan fingerprint density at radius 3 is 2.87 bits per heavy atom. The molecule has 0 bridgehead atoms.